The third-order valence-corrected chi connectivity index (χ3v) is 2.90. The van der Waals surface area contributed by atoms with Crippen LogP contribution in [-0.2, 0) is 14.3 Å². The average molecular weight is 184 g/mol. The van der Waals surface area contributed by atoms with Crippen molar-refractivity contribution in [1.29, 1.82) is 0 Å². The summed E-state index contributed by atoms with van der Waals surface area (Å²) in [5.74, 6) is 0.613. The zero-order chi connectivity index (χ0) is 9.84. The Morgan fingerprint density at radius 1 is 1.38 bits per heavy atom. The van der Waals surface area contributed by atoms with Crippen LogP contribution in [0.15, 0.2) is 0 Å². The van der Waals surface area contributed by atoms with E-state index in [1.165, 1.54) is 0 Å². The summed E-state index contributed by atoms with van der Waals surface area (Å²) in [7, 11) is 0. The molecular formula is C10H16O3. The van der Waals surface area contributed by atoms with E-state index in [1.54, 1.807) is 0 Å². The molecule has 3 unspecified atom stereocenters. The van der Waals surface area contributed by atoms with Gasteiger partial charge in [0.15, 0.2) is 0 Å². The first kappa shape index (κ1) is 10.2. The number of ether oxygens (including phenoxy) is 1. The highest BCUT2D eigenvalue weighted by Gasteiger charge is 2.31. The predicted octanol–water partition coefficient (Wildman–Crippen LogP) is 1.76. The van der Waals surface area contributed by atoms with E-state index < -0.39 is 0 Å². The lowest BCUT2D eigenvalue weighted by Crippen LogP contribution is -2.29. The van der Waals surface area contributed by atoms with Gasteiger partial charge in [-0.05, 0) is 31.1 Å². The molecule has 0 aromatic carbocycles. The van der Waals surface area contributed by atoms with Crippen LogP contribution in [0.4, 0.5) is 0 Å². The van der Waals surface area contributed by atoms with Crippen molar-refractivity contribution in [3.63, 3.8) is 0 Å². The van der Waals surface area contributed by atoms with E-state index in [1.807, 2.05) is 6.92 Å². The van der Waals surface area contributed by atoms with Crippen molar-refractivity contribution in [1.82, 2.24) is 0 Å². The van der Waals surface area contributed by atoms with Gasteiger partial charge < -0.3 is 4.74 Å². The minimum absolute atomic E-state index is 0.0681. The smallest absolute Gasteiger partial charge is 0.316 e. The first-order chi connectivity index (χ1) is 6.15. The lowest BCUT2D eigenvalue weighted by Gasteiger charge is -2.30. The molecule has 13 heavy (non-hydrogen) atoms. The molecule has 0 radical (unpaired) electrons. The maximum absolute atomic E-state index is 11.3. The van der Waals surface area contributed by atoms with Gasteiger partial charge in [0.2, 0.25) is 0 Å². The largest absolute Gasteiger partial charge is 0.395 e. The van der Waals surface area contributed by atoms with E-state index in [0.717, 1.165) is 19.3 Å². The molecule has 0 spiro atoms. The number of rotatable bonds is 2. The summed E-state index contributed by atoms with van der Waals surface area (Å²) in [5.41, 5.74) is 0. The van der Waals surface area contributed by atoms with Gasteiger partial charge in [-0.2, -0.15) is 0 Å². The lowest BCUT2D eigenvalue weighted by molar-refractivity contribution is -0.157. The molecule has 1 saturated carbocycles. The Kier molecular flexibility index (Phi) is 3.46. The molecule has 0 bridgehead atoms. The topological polar surface area (TPSA) is 43.4 Å². The molecular weight excluding hydrogens is 168 g/mol. The highest BCUT2D eigenvalue weighted by molar-refractivity contribution is 5.78. The number of esters is 1. The predicted molar refractivity (Wildman–Crippen MR) is 47.8 cm³/mol. The van der Waals surface area contributed by atoms with Gasteiger partial charge in [0, 0.05) is 0 Å². The second-order valence-electron chi connectivity index (χ2n) is 4.04. The fraction of sp³-hybridized carbons (Fsp3) is 0.800. The molecule has 0 N–H and O–H groups in total. The third-order valence-electron chi connectivity index (χ3n) is 2.90. The highest BCUT2D eigenvalue weighted by Crippen LogP contribution is 2.33. The molecule has 3 heteroatoms. The van der Waals surface area contributed by atoms with E-state index >= 15 is 0 Å². The van der Waals surface area contributed by atoms with Crippen LogP contribution in [-0.4, -0.2) is 12.4 Å². The fourth-order valence-electron chi connectivity index (χ4n) is 2.15. The number of hydrogen-bond acceptors (Lipinski definition) is 3. The van der Waals surface area contributed by atoms with Crippen molar-refractivity contribution in [2.45, 2.75) is 33.1 Å². The summed E-state index contributed by atoms with van der Waals surface area (Å²) < 4.78 is 4.37. The van der Waals surface area contributed by atoms with E-state index in [2.05, 4.69) is 11.7 Å². The van der Waals surface area contributed by atoms with E-state index in [9.17, 15) is 9.59 Å². The molecule has 0 aliphatic heterocycles. The molecule has 1 aliphatic carbocycles. The molecule has 0 saturated heterocycles. The monoisotopic (exact) mass is 184 g/mol. The first-order valence-corrected chi connectivity index (χ1v) is 4.79. The Hall–Kier alpha value is -0.860. The van der Waals surface area contributed by atoms with Crippen LogP contribution in [0.3, 0.4) is 0 Å². The normalized spacial score (nSPS) is 33.8. The van der Waals surface area contributed by atoms with Crippen LogP contribution in [0.5, 0.6) is 0 Å². The van der Waals surface area contributed by atoms with Gasteiger partial charge in [0.25, 0.3) is 0 Å². The van der Waals surface area contributed by atoms with Crippen molar-refractivity contribution in [3.05, 3.63) is 0 Å². The maximum Gasteiger partial charge on any atom is 0.316 e. The molecule has 3 atom stereocenters. The highest BCUT2D eigenvalue weighted by atomic mass is 16.6. The van der Waals surface area contributed by atoms with Gasteiger partial charge in [0.05, 0.1) is 5.92 Å². The zero-order valence-electron chi connectivity index (χ0n) is 8.16. The summed E-state index contributed by atoms with van der Waals surface area (Å²) in [6.07, 6.45) is 2.97. The van der Waals surface area contributed by atoms with Crippen LogP contribution in [0, 0.1) is 17.8 Å². The second-order valence-corrected chi connectivity index (χ2v) is 4.04. The molecule has 3 nitrogen and oxygen atoms in total. The van der Waals surface area contributed by atoms with Crippen LogP contribution in [0.25, 0.3) is 0 Å². The number of hydrogen-bond donors (Lipinski definition) is 0. The third kappa shape index (κ3) is 2.54. The summed E-state index contributed by atoms with van der Waals surface area (Å²) in [6, 6.07) is 0. The van der Waals surface area contributed by atoms with Crippen LogP contribution >= 0.6 is 0 Å². The summed E-state index contributed by atoms with van der Waals surface area (Å²) in [6.45, 7) is 4.47. The number of carbonyl (C=O) groups excluding carboxylic acids is 2. The Morgan fingerprint density at radius 2 is 2.08 bits per heavy atom. The summed E-state index contributed by atoms with van der Waals surface area (Å²) in [5, 5.41) is 0. The summed E-state index contributed by atoms with van der Waals surface area (Å²) in [4.78, 5) is 21.2. The summed E-state index contributed by atoms with van der Waals surface area (Å²) >= 11 is 0. The Bertz CT molecular complexity index is 200. The molecule has 0 aromatic heterocycles. The van der Waals surface area contributed by atoms with E-state index in [0.29, 0.717) is 11.8 Å². The van der Waals surface area contributed by atoms with Crippen LogP contribution in [0.2, 0.25) is 0 Å². The lowest BCUT2D eigenvalue weighted by atomic mass is 9.76. The molecule has 74 valence electrons. The van der Waals surface area contributed by atoms with Crippen molar-refractivity contribution in [2.24, 2.45) is 17.8 Å². The van der Waals surface area contributed by atoms with E-state index in [-0.39, 0.29) is 18.4 Å². The van der Waals surface area contributed by atoms with Crippen LogP contribution < -0.4 is 0 Å². The Labute approximate surface area is 78.5 Å². The van der Waals surface area contributed by atoms with Crippen molar-refractivity contribution >= 4 is 12.4 Å². The van der Waals surface area contributed by atoms with E-state index in [4.69, 9.17) is 0 Å². The zero-order valence-corrected chi connectivity index (χ0v) is 8.16. The number of carbonyl (C=O) groups is 2. The standard InChI is InChI=1S/C10H16O3/c1-7-3-4-9(8(2)5-7)10(12)13-6-11/h6-9H,3-5H2,1-2H3. The van der Waals surface area contributed by atoms with Crippen LogP contribution in [0.1, 0.15) is 33.1 Å². The molecule has 0 aromatic rings. The van der Waals surface area contributed by atoms with Crippen molar-refractivity contribution < 1.29 is 14.3 Å². The average Bonchev–Trinajstić information content (AvgIpc) is 2.04. The maximum atomic E-state index is 11.3. The van der Waals surface area contributed by atoms with Gasteiger partial charge >= 0.3 is 12.4 Å². The van der Waals surface area contributed by atoms with Gasteiger partial charge in [-0.3, -0.25) is 9.59 Å². The van der Waals surface area contributed by atoms with Gasteiger partial charge in [-0.15, -0.1) is 0 Å². The minimum Gasteiger partial charge on any atom is -0.395 e. The molecule has 0 amide bonds. The first-order valence-electron chi connectivity index (χ1n) is 4.79. The SMILES string of the molecule is CC1CCC(C(=O)OC=O)C(C)C1. The Balaban J connectivity index is 2.50. The molecule has 1 aliphatic rings. The van der Waals surface area contributed by atoms with Crippen molar-refractivity contribution in [3.8, 4) is 0 Å². The van der Waals surface area contributed by atoms with Gasteiger partial charge in [-0.25, -0.2) is 0 Å². The molecule has 0 heterocycles. The van der Waals surface area contributed by atoms with Crippen molar-refractivity contribution in [2.75, 3.05) is 0 Å². The quantitative estimate of drug-likeness (QED) is 0.373. The fourth-order valence-corrected chi connectivity index (χ4v) is 2.15. The minimum atomic E-state index is -0.352. The molecule has 1 fully saturated rings. The van der Waals surface area contributed by atoms with Gasteiger partial charge in [-0.1, -0.05) is 13.8 Å². The van der Waals surface area contributed by atoms with Gasteiger partial charge in [0.1, 0.15) is 0 Å². The second kappa shape index (κ2) is 4.40. The molecule has 1 rings (SSSR count). The Morgan fingerprint density at radius 3 is 2.62 bits per heavy atom.